The highest BCUT2D eigenvalue weighted by atomic mass is 16.3. The van der Waals surface area contributed by atoms with E-state index in [2.05, 4.69) is 77.8 Å². The van der Waals surface area contributed by atoms with Crippen LogP contribution in [0.1, 0.15) is 116 Å². The molecule has 37 nitrogen and oxygen atoms in total. The van der Waals surface area contributed by atoms with E-state index in [9.17, 15) is 53.1 Å². The van der Waals surface area contributed by atoms with Crippen molar-refractivity contribution in [3.63, 3.8) is 0 Å². The van der Waals surface area contributed by atoms with Crippen LogP contribution in [-0.2, 0) is 54.4 Å². The van der Waals surface area contributed by atoms with Gasteiger partial charge in [-0.15, -0.1) is 0 Å². The quantitative estimate of drug-likeness (QED) is 0.0164. The molecular weight excluding hydrogens is 1150 g/mol. The molecule has 0 radical (unpaired) electrons. The number of rotatable bonds is 45. The van der Waals surface area contributed by atoms with Crippen LogP contribution in [0.2, 0.25) is 0 Å². The number of nitrogens with zero attached hydrogens (tertiary/aromatic N) is 5. The fourth-order valence-electron chi connectivity index (χ4n) is 8.40. The number of nitrogens with two attached hydrogens (primary N) is 11. The molecule has 0 spiro atoms. The van der Waals surface area contributed by atoms with Gasteiger partial charge in [0.15, 0.2) is 23.8 Å². The summed E-state index contributed by atoms with van der Waals surface area (Å²) in [6.07, 6.45) is 2.69. The zero-order valence-corrected chi connectivity index (χ0v) is 50.4. The molecule has 1 rings (SSSR count). The zero-order chi connectivity index (χ0) is 66.3. The first-order chi connectivity index (χ1) is 41.6. The summed E-state index contributed by atoms with van der Waals surface area (Å²) in [7, 11) is 0. The van der Waals surface area contributed by atoms with Gasteiger partial charge in [-0.3, -0.25) is 67.9 Å². The molecule has 0 unspecified atom stereocenters. The molecule has 0 saturated carbocycles. The predicted molar refractivity (Wildman–Crippen MR) is 327 cm³/mol. The summed E-state index contributed by atoms with van der Waals surface area (Å²) in [6, 6.07) is -12.4. The topological polar surface area (TPSA) is 664 Å². The highest BCUT2D eigenvalue weighted by Gasteiger charge is 2.35. The fourth-order valence-corrected chi connectivity index (χ4v) is 8.40. The third-order valence-electron chi connectivity index (χ3n) is 13.0. The van der Waals surface area contributed by atoms with Crippen LogP contribution in [0.3, 0.4) is 0 Å². The predicted octanol–water partition coefficient (Wildman–Crippen LogP) is -9.31. The van der Waals surface area contributed by atoms with Gasteiger partial charge in [0.25, 0.3) is 0 Å². The molecule has 37 heteroatoms. The Morgan fingerprint density at radius 1 is 0.443 bits per heavy atom. The van der Waals surface area contributed by atoms with Crippen LogP contribution >= 0.6 is 0 Å². The van der Waals surface area contributed by atoms with Crippen molar-refractivity contribution in [2.45, 2.75) is 178 Å². The van der Waals surface area contributed by atoms with Crippen LogP contribution in [0.5, 0.6) is 0 Å². The van der Waals surface area contributed by atoms with E-state index in [1.54, 1.807) is 0 Å². The summed E-state index contributed by atoms with van der Waals surface area (Å²) in [4.78, 5) is 160. The number of imidazole rings is 1. The lowest BCUT2D eigenvalue weighted by atomic mass is 10.0. The third kappa shape index (κ3) is 33.0. The van der Waals surface area contributed by atoms with Gasteiger partial charge in [0.2, 0.25) is 59.1 Å². The van der Waals surface area contributed by atoms with E-state index in [0.29, 0.717) is 25.0 Å². The molecule has 88 heavy (non-hydrogen) atoms. The second-order valence-electron chi connectivity index (χ2n) is 20.6. The Hall–Kier alpha value is -9.13. The summed E-state index contributed by atoms with van der Waals surface area (Å²) in [6.45, 7) is 4.22. The minimum atomic E-state index is -1.54. The molecular formula is C51H96N26O11. The molecule has 10 atom stereocenters. The first kappa shape index (κ1) is 76.9. The average molecular weight is 1250 g/mol. The lowest BCUT2D eigenvalue weighted by Crippen LogP contribution is -2.60. The Kier molecular flexibility index (Phi) is 37.3. The minimum absolute atomic E-state index is 0.00499. The monoisotopic (exact) mass is 1250 g/mol. The second kappa shape index (κ2) is 42.6. The van der Waals surface area contributed by atoms with Crippen molar-refractivity contribution in [1.82, 2.24) is 57.8 Å². The fraction of sp³-hybridized carbons (Fsp3) is 0.667. The van der Waals surface area contributed by atoms with Crippen LogP contribution in [0, 0.1) is 0 Å². The van der Waals surface area contributed by atoms with Crippen molar-refractivity contribution in [1.29, 1.82) is 0 Å². The summed E-state index contributed by atoms with van der Waals surface area (Å²) in [5.74, 6) is -9.47. The number of aromatic amines is 1. The van der Waals surface area contributed by atoms with E-state index in [1.165, 1.54) is 33.3 Å². The van der Waals surface area contributed by atoms with Gasteiger partial charge >= 0.3 is 0 Å². The third-order valence-corrected chi connectivity index (χ3v) is 13.0. The molecule has 33 N–H and O–H groups in total. The molecule has 0 saturated heterocycles. The van der Waals surface area contributed by atoms with Crippen LogP contribution < -0.4 is 111 Å². The molecule has 10 amide bonds. The number of amides is 10. The maximum absolute atomic E-state index is 14.6. The lowest BCUT2D eigenvalue weighted by molar-refractivity contribution is -0.136. The summed E-state index contributed by atoms with van der Waals surface area (Å²) in [5.41, 5.74) is 61.7. The highest BCUT2D eigenvalue weighted by Crippen LogP contribution is 2.12. The van der Waals surface area contributed by atoms with Gasteiger partial charge in [-0.05, 0) is 117 Å². The highest BCUT2D eigenvalue weighted by molar-refractivity contribution is 5.98. The van der Waals surface area contributed by atoms with E-state index in [4.69, 9.17) is 63.1 Å². The Labute approximate surface area is 510 Å². The van der Waals surface area contributed by atoms with E-state index in [-0.39, 0.29) is 140 Å². The molecule has 496 valence electrons. The maximum Gasteiger partial charge on any atom is 0.243 e. The number of hydrogen-bond acceptors (Lipinski definition) is 18. The molecule has 1 heterocycles. The van der Waals surface area contributed by atoms with Crippen molar-refractivity contribution >= 4 is 82.9 Å². The first-order valence-corrected chi connectivity index (χ1v) is 28.9. The number of aromatic nitrogens is 2. The van der Waals surface area contributed by atoms with E-state index in [1.807, 2.05) is 0 Å². The number of guanidine groups is 4. The number of unbranched alkanes of at least 4 members (excludes halogenated alkanes) is 2. The zero-order valence-electron chi connectivity index (χ0n) is 50.4. The van der Waals surface area contributed by atoms with Crippen molar-refractivity contribution in [3.05, 3.63) is 18.2 Å². The van der Waals surface area contributed by atoms with Crippen LogP contribution in [0.25, 0.3) is 0 Å². The number of H-pyrrole nitrogens is 1. The van der Waals surface area contributed by atoms with Crippen LogP contribution in [-0.4, -0.2) is 198 Å². The van der Waals surface area contributed by atoms with Crippen molar-refractivity contribution in [2.75, 3.05) is 39.3 Å². The SMILES string of the molecule is CC(=O)N[C@@H](Cc1cnc[nH]1)C(=O)N[C@@H](C)C(=O)N[C@@H](CCCN=C(N)N)C(=O)N[C@@H](CCCN=C(N)N)C(=O)N[C@@H](CCCN=C(N)N)C(=O)N[C@@H](CCCCN)C(=O)N[C@@H](CCCCN)C(=O)N[C@@H](CCCN=C(N)N)C(=O)N[C@H](C(N)=O)[C@@H](C)O. The van der Waals surface area contributed by atoms with Crippen molar-refractivity contribution in [3.8, 4) is 0 Å². The number of carbonyl (C=O) groups excluding carboxylic acids is 10. The average Bonchev–Trinajstić information content (AvgIpc) is 4.11. The Balaban J connectivity index is 3.74. The van der Waals surface area contributed by atoms with Crippen molar-refractivity contribution < 1.29 is 53.1 Å². The summed E-state index contributed by atoms with van der Waals surface area (Å²) in [5, 5.41) is 33.4. The van der Waals surface area contributed by atoms with Gasteiger partial charge in [-0.1, -0.05) is 0 Å². The molecule has 0 aromatic carbocycles. The molecule has 0 aliphatic carbocycles. The molecule has 0 bridgehead atoms. The number of aliphatic hydroxyl groups is 1. The Morgan fingerprint density at radius 2 is 0.750 bits per heavy atom. The van der Waals surface area contributed by atoms with Gasteiger partial charge < -0.3 is 121 Å². The normalized spacial score (nSPS) is 14.2. The van der Waals surface area contributed by atoms with Crippen molar-refractivity contribution in [2.24, 2.45) is 83.0 Å². The van der Waals surface area contributed by atoms with Gasteiger partial charge in [-0.2, -0.15) is 0 Å². The number of hydrogen-bond donors (Lipinski definition) is 22. The van der Waals surface area contributed by atoms with E-state index >= 15 is 0 Å². The van der Waals surface area contributed by atoms with Gasteiger partial charge in [0, 0.05) is 51.4 Å². The number of aliphatic imine (C=N–C) groups is 4. The largest absolute Gasteiger partial charge is 0.391 e. The molecule has 0 fully saturated rings. The molecule has 1 aromatic rings. The summed E-state index contributed by atoms with van der Waals surface area (Å²) < 4.78 is 0. The minimum Gasteiger partial charge on any atom is -0.391 e. The molecule has 0 aliphatic rings. The van der Waals surface area contributed by atoms with Crippen LogP contribution in [0.4, 0.5) is 0 Å². The van der Waals surface area contributed by atoms with E-state index < -0.39 is 120 Å². The summed E-state index contributed by atoms with van der Waals surface area (Å²) >= 11 is 0. The molecule has 0 aliphatic heterocycles. The molecule has 1 aromatic heterocycles. The Bertz CT molecular complexity index is 2500. The second-order valence-corrected chi connectivity index (χ2v) is 20.6. The lowest BCUT2D eigenvalue weighted by Gasteiger charge is -2.28. The van der Waals surface area contributed by atoms with Crippen LogP contribution in [0.15, 0.2) is 32.5 Å². The smallest absolute Gasteiger partial charge is 0.243 e. The number of aliphatic hydroxyl groups excluding tert-OH is 1. The maximum atomic E-state index is 14.6. The number of primary amides is 1. The van der Waals surface area contributed by atoms with E-state index in [0.717, 1.165) is 0 Å². The Morgan fingerprint density at radius 3 is 1.02 bits per heavy atom. The van der Waals surface area contributed by atoms with Gasteiger partial charge in [0.1, 0.15) is 54.4 Å². The first-order valence-electron chi connectivity index (χ1n) is 28.9. The van der Waals surface area contributed by atoms with Gasteiger partial charge in [0.05, 0.1) is 12.4 Å². The number of carbonyl (C=O) groups is 10. The van der Waals surface area contributed by atoms with Gasteiger partial charge in [-0.25, -0.2) is 4.98 Å². The number of nitrogens with one attached hydrogen (secondary N) is 10. The standard InChI is InChI=1S/C51H96N26O11/c1-27(69-47(88)37(70-29(3)79)24-30-25-63-26-68-30)40(81)71-33(14-8-20-64-48(55)56)43(84)74-35(16-10-22-66-50(59)60)45(86)75-34(15-9-21-65-49(57)58)44(85)73-31(12-4-6-18-52)41(82)72-32(13-5-7-19-53)42(83)76-36(17-11-23-67-51(61)62)46(87)77-38(28(2)78)39(54)80/h25-28,31-38,78H,4-24,52-53H2,1-3H3,(H2,54,80)(H,63,68)(H,69,88)(H,70,79)(H,71,81)(H,72,82)(H,73,85)(H,74,84)(H,75,86)(H,76,83)(H,77,87)(H4,55,56,64)(H4,57,58,65)(H4,59,60,66)(H4,61,62,67)/t27-,28+,31-,32-,33-,34-,35-,36-,37-,38-/m0/s1.